The Kier molecular flexibility index (Phi) is 9.75. The number of sulfonamides is 1. The number of hydrogen-bond donors (Lipinski definition) is 1. The van der Waals surface area contributed by atoms with Crippen LogP contribution in [0.3, 0.4) is 0 Å². The van der Waals surface area contributed by atoms with Crippen molar-refractivity contribution < 1.29 is 22.7 Å². The molecule has 0 heterocycles. The second-order valence-electron chi connectivity index (χ2n) is 9.82. The minimum atomic E-state index is -4.10. The molecule has 3 aromatic rings. The van der Waals surface area contributed by atoms with Gasteiger partial charge in [0.15, 0.2) is 0 Å². The van der Waals surface area contributed by atoms with Gasteiger partial charge in [-0.25, -0.2) is 8.42 Å². The number of rotatable bonds is 11. The van der Waals surface area contributed by atoms with E-state index in [0.717, 1.165) is 21.0 Å². The molecule has 9 heteroatoms. The Hall–Kier alpha value is -3.85. The number of nitrogens with zero attached hydrogens (tertiary/aromatic N) is 2. The fraction of sp³-hybridized carbons (Fsp3) is 0.333. The number of hydrogen-bond acceptors (Lipinski definition) is 5. The third-order valence-electron chi connectivity index (χ3n) is 6.34. The first-order valence-corrected chi connectivity index (χ1v) is 14.3. The highest BCUT2D eigenvalue weighted by Crippen LogP contribution is 2.28. The van der Waals surface area contributed by atoms with E-state index in [9.17, 15) is 18.0 Å². The van der Waals surface area contributed by atoms with Crippen molar-refractivity contribution in [1.29, 1.82) is 0 Å². The molecule has 2 amide bonds. The predicted octanol–water partition coefficient (Wildman–Crippen LogP) is 4.45. The number of amides is 2. The Balaban J connectivity index is 2.04. The molecule has 1 N–H and O–H groups in total. The van der Waals surface area contributed by atoms with Crippen LogP contribution in [0.15, 0.2) is 77.7 Å². The number of methoxy groups -OCH3 is 1. The van der Waals surface area contributed by atoms with Crippen LogP contribution in [0.25, 0.3) is 0 Å². The van der Waals surface area contributed by atoms with Crippen molar-refractivity contribution in [3.63, 3.8) is 0 Å². The molecule has 0 saturated heterocycles. The second kappa shape index (κ2) is 12.8. The largest absolute Gasteiger partial charge is 0.497 e. The molecule has 0 aliphatic heterocycles. The van der Waals surface area contributed by atoms with E-state index < -0.39 is 28.5 Å². The van der Waals surface area contributed by atoms with Crippen molar-refractivity contribution in [2.24, 2.45) is 0 Å². The molecular formula is C30H37N3O5S. The summed E-state index contributed by atoms with van der Waals surface area (Å²) >= 11 is 0. The Labute approximate surface area is 231 Å². The van der Waals surface area contributed by atoms with Gasteiger partial charge in [0.25, 0.3) is 10.0 Å². The summed E-state index contributed by atoms with van der Waals surface area (Å²) in [5, 5.41) is 2.85. The highest BCUT2D eigenvalue weighted by Gasteiger charge is 2.33. The van der Waals surface area contributed by atoms with Crippen molar-refractivity contribution in [2.75, 3.05) is 18.0 Å². The summed E-state index contributed by atoms with van der Waals surface area (Å²) in [6.07, 6.45) is 0. The number of carbonyl (C=O) groups excluding carboxylic acids is 2. The minimum Gasteiger partial charge on any atom is -0.497 e. The van der Waals surface area contributed by atoms with E-state index in [1.54, 1.807) is 50.4 Å². The summed E-state index contributed by atoms with van der Waals surface area (Å²) in [4.78, 5) is 28.4. The SMILES string of the molecule is COc1ccc(CN(C(=O)CN(c2ccc(C)cc2C)S(=O)(=O)c2ccccc2)C(C)C(=O)NC(C)C)cc1. The molecule has 0 radical (unpaired) electrons. The van der Waals surface area contributed by atoms with Crippen LogP contribution in [-0.2, 0) is 26.2 Å². The van der Waals surface area contributed by atoms with Crippen LogP contribution in [0.5, 0.6) is 5.75 Å². The van der Waals surface area contributed by atoms with Crippen molar-refractivity contribution in [3.05, 3.63) is 89.5 Å². The van der Waals surface area contributed by atoms with Gasteiger partial charge in [0.05, 0.1) is 17.7 Å². The molecule has 39 heavy (non-hydrogen) atoms. The highest BCUT2D eigenvalue weighted by atomic mass is 32.2. The van der Waals surface area contributed by atoms with E-state index in [-0.39, 0.29) is 23.4 Å². The quantitative estimate of drug-likeness (QED) is 0.380. The standard InChI is InChI=1S/C30H37N3O5S/c1-21(2)31-30(35)24(5)32(19-25-13-15-26(38-6)16-14-25)29(34)20-33(28-17-12-22(3)18-23(28)4)39(36,37)27-10-8-7-9-11-27/h7-18,21,24H,19-20H2,1-6H3,(H,31,35). The lowest BCUT2D eigenvalue weighted by Crippen LogP contribution is -2.52. The van der Waals surface area contributed by atoms with Crippen LogP contribution in [0.4, 0.5) is 5.69 Å². The Morgan fingerprint density at radius 1 is 0.923 bits per heavy atom. The lowest BCUT2D eigenvalue weighted by molar-refractivity contribution is -0.139. The smallest absolute Gasteiger partial charge is 0.264 e. The predicted molar refractivity (Wildman–Crippen MR) is 153 cm³/mol. The molecule has 8 nitrogen and oxygen atoms in total. The van der Waals surface area contributed by atoms with Gasteiger partial charge in [-0.1, -0.05) is 48.0 Å². The Bertz CT molecular complexity index is 1390. The fourth-order valence-electron chi connectivity index (χ4n) is 4.23. The van der Waals surface area contributed by atoms with Crippen molar-refractivity contribution in [1.82, 2.24) is 10.2 Å². The molecule has 0 aliphatic carbocycles. The number of ether oxygens (including phenoxy) is 1. The molecule has 0 saturated carbocycles. The first-order valence-electron chi connectivity index (χ1n) is 12.8. The van der Waals surface area contributed by atoms with Gasteiger partial charge in [-0.05, 0) is 76.1 Å². The molecule has 1 unspecified atom stereocenters. The molecule has 3 aromatic carbocycles. The van der Waals surface area contributed by atoms with Gasteiger partial charge in [-0.2, -0.15) is 0 Å². The van der Waals surface area contributed by atoms with Gasteiger partial charge < -0.3 is 15.0 Å². The van der Waals surface area contributed by atoms with Gasteiger partial charge in [-0.15, -0.1) is 0 Å². The van der Waals surface area contributed by atoms with Crippen LogP contribution in [0.2, 0.25) is 0 Å². The molecule has 0 spiro atoms. The molecule has 0 bridgehead atoms. The van der Waals surface area contributed by atoms with Crippen LogP contribution in [0.1, 0.15) is 37.5 Å². The van der Waals surface area contributed by atoms with E-state index in [0.29, 0.717) is 11.4 Å². The van der Waals surface area contributed by atoms with Crippen LogP contribution in [-0.4, -0.2) is 50.9 Å². The van der Waals surface area contributed by atoms with Crippen LogP contribution >= 0.6 is 0 Å². The van der Waals surface area contributed by atoms with E-state index in [2.05, 4.69) is 5.32 Å². The van der Waals surface area contributed by atoms with Gasteiger partial charge in [0, 0.05) is 12.6 Å². The first kappa shape index (κ1) is 29.7. The number of carbonyl (C=O) groups is 2. The molecule has 0 aliphatic rings. The van der Waals surface area contributed by atoms with Gasteiger partial charge >= 0.3 is 0 Å². The molecule has 0 aromatic heterocycles. The molecule has 3 rings (SSSR count). The molecule has 1 atom stereocenters. The number of benzene rings is 3. The lowest BCUT2D eigenvalue weighted by Gasteiger charge is -2.32. The Morgan fingerprint density at radius 3 is 2.13 bits per heavy atom. The first-order chi connectivity index (χ1) is 18.4. The monoisotopic (exact) mass is 551 g/mol. The van der Waals surface area contributed by atoms with Gasteiger partial charge in [0.2, 0.25) is 11.8 Å². The molecular weight excluding hydrogens is 514 g/mol. The van der Waals surface area contributed by atoms with Crippen molar-refractivity contribution >= 4 is 27.5 Å². The normalized spacial score (nSPS) is 12.1. The highest BCUT2D eigenvalue weighted by molar-refractivity contribution is 7.92. The average Bonchev–Trinajstić information content (AvgIpc) is 2.90. The summed E-state index contributed by atoms with van der Waals surface area (Å²) in [6, 6.07) is 19.6. The molecule has 0 fully saturated rings. The number of anilines is 1. The lowest BCUT2D eigenvalue weighted by atomic mass is 10.1. The summed E-state index contributed by atoms with van der Waals surface area (Å²) in [6.45, 7) is 8.70. The van der Waals surface area contributed by atoms with E-state index in [1.807, 2.05) is 52.0 Å². The maximum absolute atomic E-state index is 14.0. The van der Waals surface area contributed by atoms with E-state index in [1.165, 1.54) is 17.0 Å². The Morgan fingerprint density at radius 2 is 1.56 bits per heavy atom. The van der Waals surface area contributed by atoms with E-state index >= 15 is 0 Å². The van der Waals surface area contributed by atoms with E-state index in [4.69, 9.17) is 4.74 Å². The minimum absolute atomic E-state index is 0.0741. The third kappa shape index (κ3) is 7.38. The number of aryl methyl sites for hydroxylation is 2. The zero-order valence-electron chi connectivity index (χ0n) is 23.3. The third-order valence-corrected chi connectivity index (χ3v) is 8.12. The number of nitrogens with one attached hydrogen (secondary N) is 1. The summed E-state index contributed by atoms with van der Waals surface area (Å²) in [5.74, 6) is -0.162. The topological polar surface area (TPSA) is 96.0 Å². The van der Waals surface area contributed by atoms with Gasteiger partial charge in [-0.3, -0.25) is 13.9 Å². The van der Waals surface area contributed by atoms with Crippen LogP contribution in [0, 0.1) is 13.8 Å². The fourth-order valence-corrected chi connectivity index (χ4v) is 5.73. The maximum atomic E-state index is 14.0. The zero-order chi connectivity index (χ0) is 28.7. The molecule has 208 valence electrons. The summed E-state index contributed by atoms with van der Waals surface area (Å²) in [5.41, 5.74) is 2.87. The van der Waals surface area contributed by atoms with Crippen LogP contribution < -0.4 is 14.4 Å². The maximum Gasteiger partial charge on any atom is 0.264 e. The van der Waals surface area contributed by atoms with Crippen molar-refractivity contribution in [3.8, 4) is 5.75 Å². The summed E-state index contributed by atoms with van der Waals surface area (Å²) < 4.78 is 34.1. The van der Waals surface area contributed by atoms with Crippen molar-refractivity contribution in [2.45, 2.75) is 58.1 Å². The zero-order valence-corrected chi connectivity index (χ0v) is 24.2. The summed E-state index contributed by atoms with van der Waals surface area (Å²) in [7, 11) is -2.53. The second-order valence-corrected chi connectivity index (χ2v) is 11.7. The van der Waals surface area contributed by atoms with Gasteiger partial charge in [0.1, 0.15) is 18.3 Å². The average molecular weight is 552 g/mol.